The number of benzene rings is 1. The van der Waals surface area contributed by atoms with Gasteiger partial charge in [0.25, 0.3) is 11.8 Å². The largest absolute Gasteiger partial charge is 0.359 e. The average molecular weight is 412 g/mol. The predicted molar refractivity (Wildman–Crippen MR) is 108 cm³/mol. The van der Waals surface area contributed by atoms with Crippen molar-refractivity contribution in [2.75, 3.05) is 19.8 Å². The van der Waals surface area contributed by atoms with Gasteiger partial charge in [0, 0.05) is 37.4 Å². The highest BCUT2D eigenvalue weighted by atomic mass is 19.1. The van der Waals surface area contributed by atoms with E-state index >= 15 is 0 Å². The lowest BCUT2D eigenvalue weighted by Gasteiger charge is -2.32. The number of nitrogens with one attached hydrogen (secondary N) is 2. The Morgan fingerprint density at radius 2 is 2.03 bits per heavy atom. The number of nitrogens with zero attached hydrogens (tertiary/aromatic N) is 2. The fourth-order valence-electron chi connectivity index (χ4n) is 3.98. The molecule has 6 nitrogen and oxygen atoms in total. The van der Waals surface area contributed by atoms with E-state index in [0.29, 0.717) is 37.1 Å². The van der Waals surface area contributed by atoms with Crippen LogP contribution in [0.25, 0.3) is 10.9 Å². The van der Waals surface area contributed by atoms with E-state index in [9.17, 15) is 18.4 Å². The molecule has 0 saturated carbocycles. The van der Waals surface area contributed by atoms with Gasteiger partial charge in [0.2, 0.25) is 0 Å². The van der Waals surface area contributed by atoms with Crippen LogP contribution >= 0.6 is 0 Å². The lowest BCUT2D eigenvalue weighted by Crippen LogP contribution is -2.38. The van der Waals surface area contributed by atoms with Crippen molar-refractivity contribution in [3.63, 3.8) is 0 Å². The highest BCUT2D eigenvalue weighted by Crippen LogP contribution is 2.31. The van der Waals surface area contributed by atoms with Gasteiger partial charge in [0.15, 0.2) is 6.67 Å². The molecule has 0 atom stereocenters. The molecule has 3 aromatic rings. The van der Waals surface area contributed by atoms with Gasteiger partial charge < -0.3 is 15.2 Å². The predicted octanol–water partition coefficient (Wildman–Crippen LogP) is 3.31. The minimum absolute atomic E-state index is 0.0157. The number of rotatable bonds is 5. The molecule has 1 aliphatic rings. The van der Waals surface area contributed by atoms with Gasteiger partial charge in [0.1, 0.15) is 5.82 Å². The SMILES string of the molecule is O=C(CF)NCc1ccc(F)c(C2CCN(C(=O)c3c[nH]c4cnccc34)CC2)c1. The number of hydrogen-bond donors (Lipinski definition) is 2. The molecular formula is C22H22F2N4O2. The molecule has 156 valence electrons. The molecule has 3 heterocycles. The zero-order valence-electron chi connectivity index (χ0n) is 16.3. The van der Waals surface area contributed by atoms with E-state index in [-0.39, 0.29) is 24.2 Å². The van der Waals surface area contributed by atoms with E-state index < -0.39 is 12.6 Å². The Balaban J connectivity index is 1.43. The number of carbonyl (C=O) groups is 2. The molecule has 0 bridgehead atoms. The summed E-state index contributed by atoms with van der Waals surface area (Å²) in [5, 5.41) is 3.29. The topological polar surface area (TPSA) is 78.1 Å². The molecule has 1 fully saturated rings. The summed E-state index contributed by atoms with van der Waals surface area (Å²) in [4.78, 5) is 33.0. The summed E-state index contributed by atoms with van der Waals surface area (Å²) in [5.74, 6) is -1.06. The maximum Gasteiger partial charge on any atom is 0.256 e. The number of pyridine rings is 1. The van der Waals surface area contributed by atoms with Gasteiger partial charge in [-0.2, -0.15) is 0 Å². The van der Waals surface area contributed by atoms with E-state index in [1.54, 1.807) is 35.6 Å². The minimum atomic E-state index is -1.08. The summed E-state index contributed by atoms with van der Waals surface area (Å²) in [5.41, 5.74) is 2.73. The molecule has 0 spiro atoms. The first-order valence-electron chi connectivity index (χ1n) is 9.88. The van der Waals surface area contributed by atoms with E-state index in [1.807, 2.05) is 6.07 Å². The van der Waals surface area contributed by atoms with Crippen molar-refractivity contribution >= 4 is 22.7 Å². The quantitative estimate of drug-likeness (QED) is 0.675. The number of H-pyrrole nitrogens is 1. The Morgan fingerprint density at radius 1 is 1.23 bits per heavy atom. The Kier molecular flexibility index (Phi) is 5.74. The van der Waals surface area contributed by atoms with Gasteiger partial charge in [0.05, 0.1) is 17.3 Å². The van der Waals surface area contributed by atoms with Gasteiger partial charge in [-0.3, -0.25) is 14.6 Å². The number of aromatic nitrogens is 2. The molecule has 1 aliphatic heterocycles. The van der Waals surface area contributed by atoms with Crippen LogP contribution in [-0.2, 0) is 11.3 Å². The van der Waals surface area contributed by atoms with E-state index in [4.69, 9.17) is 0 Å². The van der Waals surface area contributed by atoms with Crippen LogP contribution < -0.4 is 5.32 Å². The van der Waals surface area contributed by atoms with Gasteiger partial charge in [-0.1, -0.05) is 12.1 Å². The third-order valence-electron chi connectivity index (χ3n) is 5.61. The molecule has 1 saturated heterocycles. The number of halogens is 2. The monoisotopic (exact) mass is 412 g/mol. The van der Waals surface area contributed by atoms with Crippen LogP contribution in [0.2, 0.25) is 0 Å². The summed E-state index contributed by atoms with van der Waals surface area (Å²) < 4.78 is 26.7. The first-order valence-corrected chi connectivity index (χ1v) is 9.88. The average Bonchev–Trinajstić information content (AvgIpc) is 3.22. The second-order valence-electron chi connectivity index (χ2n) is 7.46. The zero-order valence-corrected chi connectivity index (χ0v) is 16.3. The number of aromatic amines is 1. The number of carbonyl (C=O) groups excluding carboxylic acids is 2. The Hall–Kier alpha value is -3.29. The summed E-state index contributed by atoms with van der Waals surface area (Å²) in [6.45, 7) is 0.142. The maximum atomic E-state index is 14.4. The summed E-state index contributed by atoms with van der Waals surface area (Å²) >= 11 is 0. The number of amides is 2. The first kappa shape index (κ1) is 20.0. The third-order valence-corrected chi connectivity index (χ3v) is 5.61. The number of likely N-dealkylation sites (tertiary alicyclic amines) is 1. The third kappa shape index (κ3) is 4.03. The van der Waals surface area contributed by atoms with Crippen LogP contribution in [-0.4, -0.2) is 46.4 Å². The fraction of sp³-hybridized carbons (Fsp3) is 0.318. The molecule has 2 amide bonds. The molecule has 0 aliphatic carbocycles. The standard InChI is InChI=1S/C22H22F2N4O2/c23-10-21(29)27-11-14-1-2-19(24)17(9-14)15-4-7-28(8-5-15)22(30)18-12-26-20-13-25-6-3-16(18)20/h1-3,6,9,12-13,15,26H,4-5,7-8,10-11H2,(H,27,29). The summed E-state index contributed by atoms with van der Waals surface area (Å²) in [6, 6.07) is 6.50. The van der Waals surface area contributed by atoms with Crippen molar-refractivity contribution in [2.45, 2.75) is 25.3 Å². The lowest BCUT2D eigenvalue weighted by atomic mass is 9.88. The van der Waals surface area contributed by atoms with Crippen molar-refractivity contribution in [1.29, 1.82) is 0 Å². The van der Waals surface area contributed by atoms with Crippen LogP contribution in [0.3, 0.4) is 0 Å². The molecule has 1 aromatic carbocycles. The van der Waals surface area contributed by atoms with Crippen LogP contribution in [0, 0.1) is 5.82 Å². The normalized spacial score (nSPS) is 14.8. The van der Waals surface area contributed by atoms with Gasteiger partial charge in [-0.05, 0) is 42.0 Å². The van der Waals surface area contributed by atoms with Crippen molar-refractivity contribution in [3.8, 4) is 0 Å². The number of hydrogen-bond acceptors (Lipinski definition) is 3. The zero-order chi connectivity index (χ0) is 21.1. The van der Waals surface area contributed by atoms with Crippen molar-refractivity contribution < 1.29 is 18.4 Å². The molecule has 4 rings (SSSR count). The highest BCUT2D eigenvalue weighted by molar-refractivity contribution is 6.06. The van der Waals surface area contributed by atoms with Gasteiger partial charge in [-0.25, -0.2) is 8.78 Å². The van der Waals surface area contributed by atoms with Crippen LogP contribution in [0.5, 0.6) is 0 Å². The smallest absolute Gasteiger partial charge is 0.256 e. The van der Waals surface area contributed by atoms with Crippen LogP contribution in [0.15, 0.2) is 42.9 Å². The fourth-order valence-corrected chi connectivity index (χ4v) is 3.98. The van der Waals surface area contributed by atoms with Crippen molar-refractivity contribution in [1.82, 2.24) is 20.2 Å². The van der Waals surface area contributed by atoms with Gasteiger partial charge >= 0.3 is 0 Å². The summed E-state index contributed by atoms with van der Waals surface area (Å²) in [6.07, 6.45) is 6.34. The second kappa shape index (κ2) is 8.61. The lowest BCUT2D eigenvalue weighted by molar-refractivity contribution is -0.122. The van der Waals surface area contributed by atoms with E-state index in [0.717, 1.165) is 16.5 Å². The minimum Gasteiger partial charge on any atom is -0.359 e. The van der Waals surface area contributed by atoms with Gasteiger partial charge in [-0.15, -0.1) is 0 Å². The number of alkyl halides is 1. The molecule has 0 unspecified atom stereocenters. The molecular weight excluding hydrogens is 390 g/mol. The van der Waals surface area contributed by atoms with Crippen LogP contribution in [0.4, 0.5) is 8.78 Å². The molecule has 8 heteroatoms. The Morgan fingerprint density at radius 3 is 2.80 bits per heavy atom. The molecule has 2 N–H and O–H groups in total. The number of fused-ring (bicyclic) bond motifs is 1. The Labute approximate surface area is 172 Å². The highest BCUT2D eigenvalue weighted by Gasteiger charge is 2.27. The number of piperidine rings is 1. The first-order chi connectivity index (χ1) is 14.6. The van der Waals surface area contributed by atoms with E-state index in [1.165, 1.54) is 6.07 Å². The molecule has 30 heavy (non-hydrogen) atoms. The van der Waals surface area contributed by atoms with Crippen molar-refractivity contribution in [2.24, 2.45) is 0 Å². The van der Waals surface area contributed by atoms with Crippen molar-refractivity contribution in [3.05, 3.63) is 65.4 Å². The maximum absolute atomic E-state index is 14.4. The molecule has 2 aromatic heterocycles. The van der Waals surface area contributed by atoms with Crippen LogP contribution in [0.1, 0.15) is 40.2 Å². The second-order valence-corrected chi connectivity index (χ2v) is 7.46. The Bertz CT molecular complexity index is 1070. The summed E-state index contributed by atoms with van der Waals surface area (Å²) in [7, 11) is 0. The van der Waals surface area contributed by atoms with E-state index in [2.05, 4.69) is 15.3 Å². The molecule has 0 radical (unpaired) electrons.